The predicted octanol–water partition coefficient (Wildman–Crippen LogP) is 2.65. The third-order valence-electron chi connectivity index (χ3n) is 2.86. The molecule has 3 N–H and O–H groups in total. The second-order valence-electron chi connectivity index (χ2n) is 4.33. The lowest BCUT2D eigenvalue weighted by molar-refractivity contribution is 0.283. The Hall–Kier alpha value is -1.22. The van der Waals surface area contributed by atoms with Crippen molar-refractivity contribution in [3.05, 3.63) is 24.3 Å². The Kier molecular flexibility index (Phi) is 6.48. The van der Waals surface area contributed by atoms with E-state index in [1.807, 2.05) is 18.2 Å². The van der Waals surface area contributed by atoms with E-state index in [0.717, 1.165) is 50.1 Å². The number of rotatable bonds is 8. The number of para-hydroxylation sites is 2. The Morgan fingerprint density at radius 1 is 1.12 bits per heavy atom. The van der Waals surface area contributed by atoms with E-state index >= 15 is 0 Å². The van der Waals surface area contributed by atoms with Crippen molar-refractivity contribution in [1.82, 2.24) is 0 Å². The molecule has 0 radical (unpaired) electrons. The molecule has 0 unspecified atom stereocenters. The zero-order valence-corrected chi connectivity index (χ0v) is 10.7. The van der Waals surface area contributed by atoms with Crippen LogP contribution in [0.4, 0.5) is 11.4 Å². The van der Waals surface area contributed by atoms with E-state index in [1.54, 1.807) is 0 Å². The first-order valence-corrected chi connectivity index (χ1v) is 6.50. The van der Waals surface area contributed by atoms with Crippen LogP contribution in [0.1, 0.15) is 32.6 Å². The molecule has 0 saturated heterocycles. The van der Waals surface area contributed by atoms with Crippen molar-refractivity contribution in [3.63, 3.8) is 0 Å². The number of nitrogen functional groups attached to an aromatic ring is 1. The van der Waals surface area contributed by atoms with Crippen LogP contribution in [0.3, 0.4) is 0 Å². The number of aliphatic hydroxyl groups is 1. The van der Waals surface area contributed by atoms with Crippen molar-refractivity contribution >= 4 is 11.4 Å². The lowest BCUT2D eigenvalue weighted by Gasteiger charge is -2.25. The van der Waals surface area contributed by atoms with E-state index in [9.17, 15) is 0 Å². The van der Waals surface area contributed by atoms with E-state index in [1.165, 1.54) is 0 Å². The number of nitrogens with zero attached hydrogens (tertiary/aromatic N) is 1. The number of hydrogen-bond acceptors (Lipinski definition) is 3. The molecular formula is C14H24N2O. The van der Waals surface area contributed by atoms with Gasteiger partial charge in [-0.3, -0.25) is 0 Å². The summed E-state index contributed by atoms with van der Waals surface area (Å²) in [5, 5.41) is 8.76. The quantitative estimate of drug-likeness (QED) is 0.539. The summed E-state index contributed by atoms with van der Waals surface area (Å²) in [5.74, 6) is 0. The van der Waals surface area contributed by atoms with Gasteiger partial charge >= 0.3 is 0 Å². The third kappa shape index (κ3) is 4.65. The average Bonchev–Trinajstić information content (AvgIpc) is 2.34. The fourth-order valence-electron chi connectivity index (χ4n) is 1.99. The van der Waals surface area contributed by atoms with Crippen molar-refractivity contribution < 1.29 is 5.11 Å². The van der Waals surface area contributed by atoms with Gasteiger partial charge in [0.15, 0.2) is 0 Å². The summed E-state index contributed by atoms with van der Waals surface area (Å²) >= 11 is 0. The molecule has 1 aromatic carbocycles. The highest BCUT2D eigenvalue weighted by molar-refractivity contribution is 5.67. The standard InChI is InChI=1S/C14H24N2O/c1-2-10-16(11-6-3-7-12-17)14-9-5-4-8-13(14)15/h4-5,8-9,17H,2-3,6-7,10-12,15H2,1H3. The average molecular weight is 236 g/mol. The zero-order valence-electron chi connectivity index (χ0n) is 10.7. The molecule has 1 aromatic rings. The van der Waals surface area contributed by atoms with Gasteiger partial charge in [0, 0.05) is 19.7 Å². The number of benzene rings is 1. The second-order valence-corrected chi connectivity index (χ2v) is 4.33. The van der Waals surface area contributed by atoms with Crippen molar-refractivity contribution in [3.8, 4) is 0 Å². The molecule has 0 bridgehead atoms. The van der Waals surface area contributed by atoms with Crippen molar-refractivity contribution in [1.29, 1.82) is 0 Å². The number of anilines is 2. The number of unbranched alkanes of at least 4 members (excludes halogenated alkanes) is 2. The first-order chi connectivity index (χ1) is 8.29. The van der Waals surface area contributed by atoms with Gasteiger partial charge in [-0.25, -0.2) is 0 Å². The predicted molar refractivity (Wildman–Crippen MR) is 74.3 cm³/mol. The Morgan fingerprint density at radius 2 is 1.88 bits per heavy atom. The van der Waals surface area contributed by atoms with Gasteiger partial charge in [0.1, 0.15) is 0 Å². The zero-order chi connectivity index (χ0) is 12.5. The van der Waals surface area contributed by atoms with Crippen LogP contribution in [0.2, 0.25) is 0 Å². The molecule has 0 amide bonds. The minimum atomic E-state index is 0.293. The Labute approximate surface area is 104 Å². The van der Waals surface area contributed by atoms with Gasteiger partial charge in [0.05, 0.1) is 11.4 Å². The van der Waals surface area contributed by atoms with Gasteiger partial charge in [-0.15, -0.1) is 0 Å². The fourth-order valence-corrected chi connectivity index (χ4v) is 1.99. The van der Waals surface area contributed by atoms with E-state index in [2.05, 4.69) is 17.9 Å². The molecule has 0 heterocycles. The Morgan fingerprint density at radius 3 is 2.53 bits per heavy atom. The van der Waals surface area contributed by atoms with Crippen LogP contribution < -0.4 is 10.6 Å². The van der Waals surface area contributed by atoms with Gasteiger partial charge < -0.3 is 15.7 Å². The van der Waals surface area contributed by atoms with Gasteiger partial charge in [0.2, 0.25) is 0 Å². The van der Waals surface area contributed by atoms with Crippen LogP contribution in [0.15, 0.2) is 24.3 Å². The topological polar surface area (TPSA) is 49.5 Å². The van der Waals surface area contributed by atoms with Gasteiger partial charge in [-0.2, -0.15) is 0 Å². The van der Waals surface area contributed by atoms with Crippen molar-refractivity contribution in [2.45, 2.75) is 32.6 Å². The molecule has 0 aromatic heterocycles. The summed E-state index contributed by atoms with van der Waals surface area (Å²) in [4.78, 5) is 2.34. The second kappa shape index (κ2) is 7.96. The minimum absolute atomic E-state index is 0.293. The van der Waals surface area contributed by atoms with Crippen LogP contribution >= 0.6 is 0 Å². The fraction of sp³-hybridized carbons (Fsp3) is 0.571. The summed E-state index contributed by atoms with van der Waals surface area (Å²) in [7, 11) is 0. The van der Waals surface area contributed by atoms with E-state index in [0.29, 0.717) is 6.61 Å². The summed E-state index contributed by atoms with van der Waals surface area (Å²) < 4.78 is 0. The van der Waals surface area contributed by atoms with Gasteiger partial charge in [0.25, 0.3) is 0 Å². The van der Waals surface area contributed by atoms with Crippen molar-refractivity contribution in [2.24, 2.45) is 0 Å². The molecule has 1 rings (SSSR count). The summed E-state index contributed by atoms with van der Waals surface area (Å²) in [6.07, 6.45) is 4.19. The Balaban J connectivity index is 2.56. The summed E-state index contributed by atoms with van der Waals surface area (Å²) in [6, 6.07) is 8.03. The number of nitrogens with two attached hydrogens (primary N) is 1. The highest BCUT2D eigenvalue weighted by Gasteiger charge is 2.07. The normalized spacial score (nSPS) is 10.5. The maximum atomic E-state index is 8.76. The maximum Gasteiger partial charge on any atom is 0.0599 e. The van der Waals surface area contributed by atoms with Crippen molar-refractivity contribution in [2.75, 3.05) is 30.3 Å². The molecule has 3 nitrogen and oxygen atoms in total. The smallest absolute Gasteiger partial charge is 0.0599 e. The molecule has 0 aliphatic carbocycles. The largest absolute Gasteiger partial charge is 0.397 e. The van der Waals surface area contributed by atoms with Crippen LogP contribution in [-0.2, 0) is 0 Å². The molecule has 0 saturated carbocycles. The SMILES string of the molecule is CCCN(CCCCCO)c1ccccc1N. The lowest BCUT2D eigenvalue weighted by atomic mass is 10.2. The monoisotopic (exact) mass is 236 g/mol. The minimum Gasteiger partial charge on any atom is -0.397 e. The van der Waals surface area contributed by atoms with E-state index < -0.39 is 0 Å². The molecule has 0 spiro atoms. The van der Waals surface area contributed by atoms with Crippen LogP contribution in [0, 0.1) is 0 Å². The van der Waals surface area contributed by atoms with Crippen LogP contribution in [-0.4, -0.2) is 24.8 Å². The molecule has 0 aliphatic rings. The van der Waals surface area contributed by atoms with E-state index in [4.69, 9.17) is 10.8 Å². The number of aliphatic hydroxyl groups excluding tert-OH is 1. The highest BCUT2D eigenvalue weighted by atomic mass is 16.2. The first kappa shape index (κ1) is 13.8. The first-order valence-electron chi connectivity index (χ1n) is 6.50. The van der Waals surface area contributed by atoms with E-state index in [-0.39, 0.29) is 0 Å². The maximum absolute atomic E-state index is 8.76. The van der Waals surface area contributed by atoms with Gasteiger partial charge in [-0.1, -0.05) is 19.1 Å². The third-order valence-corrected chi connectivity index (χ3v) is 2.86. The number of hydrogen-bond donors (Lipinski definition) is 2. The van der Waals surface area contributed by atoms with Crippen LogP contribution in [0.5, 0.6) is 0 Å². The molecule has 96 valence electrons. The molecular weight excluding hydrogens is 212 g/mol. The van der Waals surface area contributed by atoms with Crippen LogP contribution in [0.25, 0.3) is 0 Å². The molecule has 0 fully saturated rings. The summed E-state index contributed by atoms with van der Waals surface area (Å²) in [6.45, 7) is 4.52. The molecule has 0 atom stereocenters. The lowest BCUT2D eigenvalue weighted by Crippen LogP contribution is -2.26. The Bertz CT molecular complexity index is 315. The molecule has 0 aliphatic heterocycles. The summed E-state index contributed by atoms with van der Waals surface area (Å²) in [5.41, 5.74) is 7.99. The molecule has 17 heavy (non-hydrogen) atoms. The highest BCUT2D eigenvalue weighted by Crippen LogP contribution is 2.23. The van der Waals surface area contributed by atoms with Gasteiger partial charge in [-0.05, 0) is 37.8 Å². The molecule has 3 heteroatoms.